The summed E-state index contributed by atoms with van der Waals surface area (Å²) >= 11 is 0. The van der Waals surface area contributed by atoms with Crippen molar-refractivity contribution in [3.05, 3.63) is 30.1 Å². The Hall–Kier alpha value is -1.95. The molecule has 0 bridgehead atoms. The Morgan fingerprint density at radius 2 is 2.00 bits per heavy atom. The molecule has 0 aliphatic carbocycles. The molecule has 0 spiro atoms. The molecular formula is C13H19FN3O2+. The predicted octanol–water partition coefficient (Wildman–Crippen LogP) is -0.633. The van der Waals surface area contributed by atoms with Crippen molar-refractivity contribution in [3.63, 3.8) is 0 Å². The lowest BCUT2D eigenvalue weighted by Crippen LogP contribution is -3.11. The van der Waals surface area contributed by atoms with E-state index in [0.717, 1.165) is 4.90 Å². The van der Waals surface area contributed by atoms with Crippen molar-refractivity contribution in [1.82, 2.24) is 4.90 Å². The Kier molecular flexibility index (Phi) is 5.44. The average Bonchev–Trinajstić information content (AvgIpc) is 2.27. The molecule has 0 aromatic heterocycles. The van der Waals surface area contributed by atoms with Crippen molar-refractivity contribution >= 4 is 17.5 Å². The molecule has 0 radical (unpaired) electrons. The topological polar surface area (TPSA) is 53.9 Å². The zero-order valence-corrected chi connectivity index (χ0v) is 11.4. The number of amides is 2. The highest BCUT2D eigenvalue weighted by Gasteiger charge is 2.15. The third-order valence-electron chi connectivity index (χ3n) is 2.52. The summed E-state index contributed by atoms with van der Waals surface area (Å²) in [5.74, 6) is -0.702. The van der Waals surface area contributed by atoms with Gasteiger partial charge in [0.25, 0.3) is 11.8 Å². The van der Waals surface area contributed by atoms with E-state index in [9.17, 15) is 14.0 Å². The molecule has 0 aliphatic heterocycles. The van der Waals surface area contributed by atoms with Gasteiger partial charge in [-0.05, 0) is 18.2 Å². The Labute approximate surface area is 112 Å². The Morgan fingerprint density at radius 1 is 1.32 bits per heavy atom. The first kappa shape index (κ1) is 15.1. The van der Waals surface area contributed by atoms with Gasteiger partial charge in [0.2, 0.25) is 0 Å². The number of anilines is 1. The summed E-state index contributed by atoms with van der Waals surface area (Å²) in [5.41, 5.74) is 0.414. The maximum atomic E-state index is 12.9. The van der Waals surface area contributed by atoms with Gasteiger partial charge in [-0.3, -0.25) is 9.59 Å². The van der Waals surface area contributed by atoms with E-state index < -0.39 is 5.82 Å². The van der Waals surface area contributed by atoms with E-state index in [1.807, 2.05) is 0 Å². The quantitative estimate of drug-likeness (QED) is 0.747. The molecule has 6 heteroatoms. The second-order valence-electron chi connectivity index (χ2n) is 4.66. The van der Waals surface area contributed by atoms with Gasteiger partial charge in [0.05, 0.1) is 7.05 Å². The van der Waals surface area contributed by atoms with Crippen molar-refractivity contribution in [2.45, 2.75) is 0 Å². The summed E-state index contributed by atoms with van der Waals surface area (Å²) in [6.07, 6.45) is 0. The summed E-state index contributed by atoms with van der Waals surface area (Å²) in [6.45, 7) is 0.389. The number of hydrogen-bond donors (Lipinski definition) is 2. The number of nitrogens with one attached hydrogen (secondary N) is 2. The third-order valence-corrected chi connectivity index (χ3v) is 2.52. The van der Waals surface area contributed by atoms with Gasteiger partial charge in [0.15, 0.2) is 13.1 Å². The van der Waals surface area contributed by atoms with Crippen molar-refractivity contribution in [3.8, 4) is 0 Å². The Bertz CT molecular complexity index is 463. The van der Waals surface area contributed by atoms with E-state index >= 15 is 0 Å². The zero-order chi connectivity index (χ0) is 14.4. The van der Waals surface area contributed by atoms with Crippen LogP contribution in [-0.2, 0) is 9.59 Å². The predicted molar refractivity (Wildman–Crippen MR) is 70.3 cm³/mol. The molecule has 1 aromatic carbocycles. The molecule has 2 N–H and O–H groups in total. The Morgan fingerprint density at radius 3 is 2.58 bits per heavy atom. The van der Waals surface area contributed by atoms with Gasteiger partial charge in [0, 0.05) is 19.8 Å². The summed E-state index contributed by atoms with van der Waals surface area (Å²) < 4.78 is 12.9. The molecule has 19 heavy (non-hydrogen) atoms. The maximum absolute atomic E-state index is 12.9. The van der Waals surface area contributed by atoms with Crippen LogP contribution in [0.15, 0.2) is 24.3 Å². The van der Waals surface area contributed by atoms with Crippen LogP contribution in [0.3, 0.4) is 0 Å². The highest BCUT2D eigenvalue weighted by Crippen LogP contribution is 2.08. The van der Waals surface area contributed by atoms with E-state index in [1.165, 1.54) is 23.1 Å². The lowest BCUT2D eigenvalue weighted by Gasteiger charge is -2.16. The van der Waals surface area contributed by atoms with E-state index in [4.69, 9.17) is 0 Å². The van der Waals surface area contributed by atoms with E-state index in [0.29, 0.717) is 5.69 Å². The second kappa shape index (κ2) is 6.84. The monoisotopic (exact) mass is 268 g/mol. The fourth-order valence-electron chi connectivity index (χ4n) is 1.52. The largest absolute Gasteiger partial charge is 0.344 e. The molecular weight excluding hydrogens is 249 g/mol. The highest BCUT2D eigenvalue weighted by molar-refractivity contribution is 5.91. The van der Waals surface area contributed by atoms with E-state index in [2.05, 4.69) is 5.32 Å². The van der Waals surface area contributed by atoms with Crippen LogP contribution in [0, 0.1) is 5.82 Å². The number of hydrogen-bond acceptors (Lipinski definition) is 2. The van der Waals surface area contributed by atoms with Gasteiger partial charge < -0.3 is 15.1 Å². The molecule has 0 saturated carbocycles. The van der Waals surface area contributed by atoms with Gasteiger partial charge in [0.1, 0.15) is 5.82 Å². The lowest BCUT2D eigenvalue weighted by molar-refractivity contribution is -0.862. The van der Waals surface area contributed by atoms with Crippen LogP contribution in [0.5, 0.6) is 0 Å². The number of carbonyl (C=O) groups is 2. The van der Waals surface area contributed by atoms with Crippen LogP contribution in [0.2, 0.25) is 0 Å². The second-order valence-corrected chi connectivity index (χ2v) is 4.66. The third kappa shape index (κ3) is 5.48. The summed E-state index contributed by atoms with van der Waals surface area (Å²) in [6, 6.07) is 5.69. The van der Waals surface area contributed by atoms with Gasteiger partial charge in [-0.2, -0.15) is 0 Å². The van der Waals surface area contributed by atoms with Gasteiger partial charge in [-0.15, -0.1) is 0 Å². The fraction of sp³-hybridized carbons (Fsp3) is 0.385. The molecule has 1 rings (SSSR count). The summed E-state index contributed by atoms with van der Waals surface area (Å²) in [4.78, 5) is 25.4. The van der Waals surface area contributed by atoms with Crippen LogP contribution in [0.4, 0.5) is 10.1 Å². The van der Waals surface area contributed by atoms with Crippen LogP contribution in [0.25, 0.3) is 0 Å². The molecule has 2 amide bonds. The van der Waals surface area contributed by atoms with Crippen LogP contribution in [0.1, 0.15) is 0 Å². The normalized spacial score (nSPS) is 11.8. The van der Waals surface area contributed by atoms with Crippen LogP contribution < -0.4 is 10.2 Å². The number of quaternary nitrogens is 1. The summed E-state index contributed by atoms with van der Waals surface area (Å²) in [7, 11) is 5.09. The zero-order valence-electron chi connectivity index (χ0n) is 11.4. The van der Waals surface area contributed by atoms with Crippen molar-refractivity contribution in [2.75, 3.05) is 39.5 Å². The number of rotatable bonds is 5. The maximum Gasteiger partial charge on any atom is 0.279 e. The van der Waals surface area contributed by atoms with Crippen molar-refractivity contribution in [2.24, 2.45) is 0 Å². The first-order valence-electron chi connectivity index (χ1n) is 5.95. The SMILES string of the molecule is CN(C)C(=O)C[NH+](C)CC(=O)Nc1cccc(F)c1. The highest BCUT2D eigenvalue weighted by atomic mass is 19.1. The first-order chi connectivity index (χ1) is 8.88. The standard InChI is InChI=1S/C13H18FN3O2/c1-16(2)13(19)9-17(3)8-12(18)15-11-6-4-5-10(14)7-11/h4-7H,8-9H2,1-3H3,(H,15,18)/p+1. The van der Waals surface area contributed by atoms with E-state index in [1.54, 1.807) is 27.2 Å². The van der Waals surface area contributed by atoms with Gasteiger partial charge in [-0.25, -0.2) is 4.39 Å². The van der Waals surface area contributed by atoms with Crippen molar-refractivity contribution < 1.29 is 18.9 Å². The van der Waals surface area contributed by atoms with Crippen LogP contribution >= 0.6 is 0 Å². The Balaban J connectivity index is 2.45. The molecule has 104 valence electrons. The number of halogens is 1. The molecule has 1 unspecified atom stereocenters. The van der Waals surface area contributed by atoms with Crippen molar-refractivity contribution in [1.29, 1.82) is 0 Å². The fourth-order valence-corrected chi connectivity index (χ4v) is 1.52. The molecule has 0 aliphatic rings. The smallest absolute Gasteiger partial charge is 0.279 e. The van der Waals surface area contributed by atoms with Gasteiger partial charge >= 0.3 is 0 Å². The summed E-state index contributed by atoms with van der Waals surface area (Å²) in [5, 5.41) is 2.59. The molecule has 1 atom stereocenters. The van der Waals surface area contributed by atoms with Gasteiger partial charge in [-0.1, -0.05) is 6.07 Å². The molecule has 0 heterocycles. The number of benzene rings is 1. The minimum Gasteiger partial charge on any atom is -0.344 e. The average molecular weight is 268 g/mol. The molecule has 0 fully saturated rings. The molecule has 1 aromatic rings. The number of likely N-dealkylation sites (N-methyl/N-ethyl adjacent to an activating group) is 2. The lowest BCUT2D eigenvalue weighted by atomic mass is 10.3. The van der Waals surface area contributed by atoms with Crippen LogP contribution in [-0.4, -0.2) is 50.9 Å². The minimum atomic E-state index is -0.402. The minimum absolute atomic E-state index is 0.0453. The first-order valence-corrected chi connectivity index (χ1v) is 5.95. The molecule has 5 nitrogen and oxygen atoms in total. The van der Waals surface area contributed by atoms with E-state index in [-0.39, 0.29) is 24.9 Å². The molecule has 0 saturated heterocycles. The number of carbonyl (C=O) groups excluding carboxylic acids is 2. The number of nitrogens with zero attached hydrogens (tertiary/aromatic N) is 1.